The van der Waals surface area contributed by atoms with Crippen LogP contribution in [0.2, 0.25) is 0 Å². The van der Waals surface area contributed by atoms with Crippen LogP contribution in [0.4, 0.5) is 0 Å². The summed E-state index contributed by atoms with van der Waals surface area (Å²) < 4.78 is 0. The zero-order chi connectivity index (χ0) is 13.9. The summed E-state index contributed by atoms with van der Waals surface area (Å²) in [6.07, 6.45) is 12.2. The third-order valence-corrected chi connectivity index (χ3v) is 3.32. The second-order valence-electron chi connectivity index (χ2n) is 4.93. The molecule has 0 aromatic carbocycles. The maximum absolute atomic E-state index is 4.42. The lowest BCUT2D eigenvalue weighted by atomic mass is 9.76. The molecule has 0 saturated carbocycles. The Bertz CT molecular complexity index is 292. The Balaban J connectivity index is 5.06. The van der Waals surface area contributed by atoms with Gasteiger partial charge in [-0.2, -0.15) is 0 Å². The average Bonchev–Trinajstić information content (AvgIpc) is 2.38. The van der Waals surface area contributed by atoms with E-state index in [-0.39, 0.29) is 5.41 Å². The van der Waals surface area contributed by atoms with E-state index in [0.717, 1.165) is 18.6 Å². The molecule has 0 aromatic heterocycles. The van der Waals surface area contributed by atoms with E-state index in [1.165, 1.54) is 25.7 Å². The molecule has 0 aromatic rings. The second-order valence-corrected chi connectivity index (χ2v) is 4.93. The Morgan fingerprint density at radius 1 is 1.06 bits per heavy atom. The Labute approximate surface area is 113 Å². The van der Waals surface area contributed by atoms with Gasteiger partial charge in [0, 0.05) is 24.0 Å². The molecule has 0 aliphatic heterocycles. The third-order valence-electron chi connectivity index (χ3n) is 3.32. The molecule has 0 spiro atoms. The van der Waals surface area contributed by atoms with Crippen molar-refractivity contribution in [1.29, 1.82) is 0 Å². The lowest BCUT2D eigenvalue weighted by Gasteiger charge is -2.29. The molecule has 0 rings (SSSR count). The van der Waals surface area contributed by atoms with Crippen molar-refractivity contribution < 1.29 is 0 Å². The molecule has 0 unspecified atom stereocenters. The quantitative estimate of drug-likeness (QED) is 0.476. The summed E-state index contributed by atoms with van der Waals surface area (Å²) in [6.45, 7) is 14.1. The van der Waals surface area contributed by atoms with E-state index in [1.54, 1.807) is 12.4 Å². The Morgan fingerprint density at radius 2 is 1.61 bits per heavy atom. The summed E-state index contributed by atoms with van der Waals surface area (Å²) in [7, 11) is 0. The molecule has 0 radical (unpaired) electrons. The van der Waals surface area contributed by atoms with Crippen LogP contribution in [0, 0.1) is 5.41 Å². The molecule has 102 valence electrons. The fourth-order valence-corrected chi connectivity index (χ4v) is 2.08. The van der Waals surface area contributed by atoms with E-state index < -0.39 is 0 Å². The second kappa shape index (κ2) is 9.81. The van der Waals surface area contributed by atoms with Crippen LogP contribution in [0.5, 0.6) is 0 Å². The first kappa shape index (κ1) is 16.8. The van der Waals surface area contributed by atoms with Gasteiger partial charge in [-0.1, -0.05) is 59.6 Å². The zero-order valence-electron chi connectivity index (χ0n) is 12.3. The molecule has 18 heavy (non-hydrogen) atoms. The van der Waals surface area contributed by atoms with Crippen LogP contribution in [0.15, 0.2) is 35.5 Å². The topological polar surface area (TPSA) is 24.7 Å². The van der Waals surface area contributed by atoms with E-state index in [0.29, 0.717) is 0 Å². The minimum Gasteiger partial charge on any atom is -0.263 e. The van der Waals surface area contributed by atoms with Crippen LogP contribution in [-0.2, 0) is 0 Å². The van der Waals surface area contributed by atoms with Gasteiger partial charge in [0.15, 0.2) is 0 Å². The molecule has 0 amide bonds. The molecule has 2 nitrogen and oxygen atoms in total. The number of hydrogen-bond donors (Lipinski definition) is 0. The van der Waals surface area contributed by atoms with Crippen LogP contribution in [0.25, 0.3) is 0 Å². The van der Waals surface area contributed by atoms with Gasteiger partial charge in [-0.3, -0.25) is 9.98 Å². The predicted octanol–water partition coefficient (Wildman–Crippen LogP) is 5.17. The van der Waals surface area contributed by atoms with Gasteiger partial charge in [0.1, 0.15) is 0 Å². The highest BCUT2D eigenvalue weighted by Gasteiger charge is 2.28. The highest BCUT2D eigenvalue weighted by molar-refractivity contribution is 6.33. The number of unbranched alkanes of at least 4 members (excludes halogenated alkanes) is 2. The molecule has 0 aliphatic carbocycles. The van der Waals surface area contributed by atoms with Crippen molar-refractivity contribution in [3.05, 3.63) is 25.6 Å². The van der Waals surface area contributed by atoms with E-state index in [9.17, 15) is 0 Å². The monoisotopic (exact) mass is 248 g/mol. The van der Waals surface area contributed by atoms with Crippen LogP contribution < -0.4 is 0 Å². The fraction of sp³-hybridized carbons (Fsp3) is 0.625. The minimum atomic E-state index is 0.104. The van der Waals surface area contributed by atoms with Crippen molar-refractivity contribution in [3.63, 3.8) is 0 Å². The van der Waals surface area contributed by atoms with E-state index in [4.69, 9.17) is 0 Å². The van der Waals surface area contributed by atoms with Crippen molar-refractivity contribution in [3.8, 4) is 0 Å². The van der Waals surface area contributed by atoms with Gasteiger partial charge in [0.25, 0.3) is 0 Å². The third kappa shape index (κ3) is 5.95. The van der Waals surface area contributed by atoms with Crippen LogP contribution >= 0.6 is 0 Å². The molecule has 0 atom stereocenters. The molecule has 2 heteroatoms. The molecule has 0 fully saturated rings. The average molecular weight is 248 g/mol. The van der Waals surface area contributed by atoms with Crippen molar-refractivity contribution in [2.45, 2.75) is 59.3 Å². The highest BCUT2D eigenvalue weighted by atomic mass is 14.8. The predicted molar refractivity (Wildman–Crippen MR) is 83.5 cm³/mol. The highest BCUT2D eigenvalue weighted by Crippen LogP contribution is 2.32. The van der Waals surface area contributed by atoms with Crippen molar-refractivity contribution in [2.75, 3.05) is 0 Å². The first-order chi connectivity index (χ1) is 8.64. The van der Waals surface area contributed by atoms with Gasteiger partial charge in [-0.05, 0) is 12.8 Å². The molecule has 0 N–H and O–H groups in total. The lowest BCUT2D eigenvalue weighted by molar-refractivity contribution is 0.371. The summed E-state index contributed by atoms with van der Waals surface area (Å²) in [5, 5.41) is 0. The van der Waals surface area contributed by atoms with Gasteiger partial charge >= 0.3 is 0 Å². The van der Waals surface area contributed by atoms with Crippen LogP contribution in [0.1, 0.15) is 59.3 Å². The lowest BCUT2D eigenvalue weighted by Crippen LogP contribution is -2.29. The maximum atomic E-state index is 4.42. The summed E-state index contributed by atoms with van der Waals surface area (Å²) in [4.78, 5) is 8.56. The fourth-order valence-electron chi connectivity index (χ4n) is 2.08. The Hall–Kier alpha value is -1.18. The number of nitrogens with zero attached hydrogens (tertiary/aromatic N) is 2. The number of rotatable bonds is 10. The SMILES string of the molecule is C=CN=CC(=NC=C)C(C)(CCCC)CCCC. The molecular weight excluding hydrogens is 220 g/mol. The zero-order valence-corrected chi connectivity index (χ0v) is 12.3. The molecular formula is C16H28N2. The number of hydrogen-bond acceptors (Lipinski definition) is 2. The number of aliphatic imine (C=N–C) groups is 2. The van der Waals surface area contributed by atoms with Gasteiger partial charge in [0.05, 0.1) is 5.71 Å². The van der Waals surface area contributed by atoms with E-state index in [2.05, 4.69) is 43.9 Å². The molecule has 0 saturated heterocycles. The summed E-state index contributed by atoms with van der Waals surface area (Å²) in [5.41, 5.74) is 1.13. The van der Waals surface area contributed by atoms with Crippen molar-refractivity contribution in [2.24, 2.45) is 15.4 Å². The summed E-state index contributed by atoms with van der Waals surface area (Å²) in [5.74, 6) is 0. The molecule has 0 bridgehead atoms. The van der Waals surface area contributed by atoms with Crippen molar-refractivity contribution in [1.82, 2.24) is 0 Å². The largest absolute Gasteiger partial charge is 0.263 e. The van der Waals surface area contributed by atoms with E-state index >= 15 is 0 Å². The summed E-state index contributed by atoms with van der Waals surface area (Å²) >= 11 is 0. The Morgan fingerprint density at radius 3 is 2.00 bits per heavy atom. The van der Waals surface area contributed by atoms with Crippen LogP contribution in [-0.4, -0.2) is 11.9 Å². The van der Waals surface area contributed by atoms with Crippen LogP contribution in [0.3, 0.4) is 0 Å². The summed E-state index contributed by atoms with van der Waals surface area (Å²) in [6, 6.07) is 0. The normalized spacial score (nSPS) is 12.9. The standard InChI is InChI=1S/C16H28N2/c1-6-10-12-16(5,13-11-7-2)15(18-9-4)14-17-8-3/h8-9,14H,3-4,6-7,10-13H2,1-2,5H3. The maximum Gasteiger partial charge on any atom is 0.0644 e. The molecule has 0 aliphatic rings. The van der Waals surface area contributed by atoms with Gasteiger partial charge < -0.3 is 0 Å². The van der Waals surface area contributed by atoms with Gasteiger partial charge in [-0.15, -0.1) is 0 Å². The minimum absolute atomic E-state index is 0.104. The smallest absolute Gasteiger partial charge is 0.0644 e. The van der Waals surface area contributed by atoms with Crippen molar-refractivity contribution >= 4 is 11.9 Å². The first-order valence-corrected chi connectivity index (χ1v) is 6.97. The van der Waals surface area contributed by atoms with Gasteiger partial charge in [-0.25, -0.2) is 0 Å². The van der Waals surface area contributed by atoms with E-state index in [1.807, 2.05) is 6.21 Å². The first-order valence-electron chi connectivity index (χ1n) is 6.97. The van der Waals surface area contributed by atoms with Gasteiger partial charge in [0.2, 0.25) is 0 Å². The molecule has 0 heterocycles. The Kier molecular flexibility index (Phi) is 9.17.